The number of rotatable bonds is 8. The van der Waals surface area contributed by atoms with E-state index in [1.807, 2.05) is 0 Å². The zero-order chi connectivity index (χ0) is 17.7. The molecule has 134 valence electrons. The van der Waals surface area contributed by atoms with E-state index in [0.29, 0.717) is 25.9 Å². The lowest BCUT2D eigenvalue weighted by Gasteiger charge is -2.22. The van der Waals surface area contributed by atoms with Crippen molar-refractivity contribution in [2.75, 3.05) is 26.9 Å². The largest absolute Gasteiger partial charge is 0.492 e. The van der Waals surface area contributed by atoms with E-state index in [2.05, 4.69) is 0 Å². The van der Waals surface area contributed by atoms with Crippen molar-refractivity contribution in [3.05, 3.63) is 23.2 Å². The second kappa shape index (κ2) is 8.15. The summed E-state index contributed by atoms with van der Waals surface area (Å²) < 4.78 is 37.3. The standard InChI is InChI=1S/C15H20ClNO6S/c1-22-8-3-9-23-13-6-5-11(16)10-14(13)24(20,21)17-7-2-4-12(17)15(18)19/h5-6,10,12H,2-4,7-9H2,1H3,(H,18,19)/t12-/m0/s1. The summed E-state index contributed by atoms with van der Waals surface area (Å²) in [6, 6.07) is 3.24. The summed E-state index contributed by atoms with van der Waals surface area (Å²) >= 11 is 5.94. The lowest BCUT2D eigenvalue weighted by atomic mass is 10.2. The molecule has 0 saturated carbocycles. The maximum absolute atomic E-state index is 12.9. The predicted octanol–water partition coefficient (Wildman–Crippen LogP) is 1.99. The predicted molar refractivity (Wildman–Crippen MR) is 88.0 cm³/mol. The number of halogens is 1. The molecule has 2 rings (SSSR count). The molecule has 1 atom stereocenters. The van der Waals surface area contributed by atoms with E-state index >= 15 is 0 Å². The Morgan fingerprint density at radius 3 is 2.83 bits per heavy atom. The fourth-order valence-electron chi connectivity index (χ4n) is 2.59. The van der Waals surface area contributed by atoms with Crippen LogP contribution >= 0.6 is 11.6 Å². The lowest BCUT2D eigenvalue weighted by Crippen LogP contribution is -2.40. The summed E-state index contributed by atoms with van der Waals surface area (Å²) in [7, 11) is -2.45. The summed E-state index contributed by atoms with van der Waals surface area (Å²) in [5, 5.41) is 9.48. The quantitative estimate of drug-likeness (QED) is 0.696. The number of carboxylic acids is 1. The monoisotopic (exact) mass is 377 g/mol. The van der Waals surface area contributed by atoms with Gasteiger partial charge in [-0.1, -0.05) is 11.6 Å². The summed E-state index contributed by atoms with van der Waals surface area (Å²) in [6.07, 6.45) is 1.39. The van der Waals surface area contributed by atoms with E-state index in [0.717, 1.165) is 4.31 Å². The van der Waals surface area contributed by atoms with Crippen LogP contribution in [-0.2, 0) is 19.6 Å². The van der Waals surface area contributed by atoms with E-state index in [9.17, 15) is 18.3 Å². The maximum atomic E-state index is 12.9. The fraction of sp³-hybridized carbons (Fsp3) is 0.533. The van der Waals surface area contributed by atoms with Crippen molar-refractivity contribution in [2.24, 2.45) is 0 Å². The zero-order valence-electron chi connectivity index (χ0n) is 13.3. The molecule has 0 aliphatic carbocycles. The summed E-state index contributed by atoms with van der Waals surface area (Å²) in [5.74, 6) is -0.993. The van der Waals surface area contributed by atoms with Crippen LogP contribution in [-0.4, -0.2) is 56.7 Å². The average molecular weight is 378 g/mol. The highest BCUT2D eigenvalue weighted by atomic mass is 35.5. The first-order valence-corrected chi connectivity index (χ1v) is 9.35. The van der Waals surface area contributed by atoms with Gasteiger partial charge in [0.15, 0.2) is 0 Å². The highest BCUT2D eigenvalue weighted by Crippen LogP contribution is 2.33. The minimum absolute atomic E-state index is 0.111. The normalized spacial score (nSPS) is 18.7. The smallest absolute Gasteiger partial charge is 0.322 e. The molecule has 1 aromatic rings. The van der Waals surface area contributed by atoms with Crippen LogP contribution in [0.5, 0.6) is 5.75 Å². The Bertz CT molecular complexity index is 693. The summed E-state index contributed by atoms with van der Waals surface area (Å²) in [5.41, 5.74) is 0. The zero-order valence-corrected chi connectivity index (χ0v) is 14.8. The molecule has 0 unspecified atom stereocenters. The van der Waals surface area contributed by atoms with Gasteiger partial charge in [-0.2, -0.15) is 4.31 Å². The van der Waals surface area contributed by atoms with Crippen molar-refractivity contribution < 1.29 is 27.8 Å². The Kier molecular flexibility index (Phi) is 6.45. The first-order chi connectivity index (χ1) is 11.4. The van der Waals surface area contributed by atoms with Crippen LogP contribution in [0, 0.1) is 0 Å². The van der Waals surface area contributed by atoms with Gasteiger partial charge in [-0.05, 0) is 31.0 Å². The Morgan fingerprint density at radius 1 is 1.42 bits per heavy atom. The van der Waals surface area contributed by atoms with Gasteiger partial charge < -0.3 is 14.6 Å². The summed E-state index contributed by atoms with van der Waals surface area (Å²) in [6.45, 7) is 0.929. The number of aliphatic carboxylic acids is 1. The molecular formula is C15H20ClNO6S. The van der Waals surface area contributed by atoms with Crippen LogP contribution in [0.1, 0.15) is 19.3 Å². The molecule has 1 aliphatic heterocycles. The molecule has 7 nitrogen and oxygen atoms in total. The number of benzene rings is 1. The third kappa shape index (κ3) is 4.18. The van der Waals surface area contributed by atoms with Gasteiger partial charge in [-0.3, -0.25) is 4.79 Å². The highest BCUT2D eigenvalue weighted by molar-refractivity contribution is 7.89. The van der Waals surface area contributed by atoms with Gasteiger partial charge in [0.05, 0.1) is 6.61 Å². The fourth-order valence-corrected chi connectivity index (χ4v) is 4.64. The number of carbonyl (C=O) groups is 1. The number of hydrogen-bond donors (Lipinski definition) is 1. The molecule has 0 spiro atoms. The number of nitrogens with zero attached hydrogens (tertiary/aromatic N) is 1. The molecule has 1 saturated heterocycles. The molecule has 24 heavy (non-hydrogen) atoms. The molecule has 0 aromatic heterocycles. The molecule has 1 heterocycles. The topological polar surface area (TPSA) is 93.1 Å². The molecule has 1 fully saturated rings. The van der Waals surface area contributed by atoms with E-state index in [-0.39, 0.29) is 28.8 Å². The number of carboxylic acid groups (broad SMARTS) is 1. The van der Waals surface area contributed by atoms with Gasteiger partial charge in [0, 0.05) is 31.7 Å². The second-order valence-electron chi connectivity index (χ2n) is 5.40. The van der Waals surface area contributed by atoms with Gasteiger partial charge in [-0.25, -0.2) is 8.42 Å². The maximum Gasteiger partial charge on any atom is 0.322 e. The third-order valence-electron chi connectivity index (χ3n) is 3.73. The Labute approximate surface area is 146 Å². The van der Waals surface area contributed by atoms with Crippen molar-refractivity contribution in [2.45, 2.75) is 30.2 Å². The number of sulfonamides is 1. The van der Waals surface area contributed by atoms with Crippen LogP contribution in [0.4, 0.5) is 0 Å². The van der Waals surface area contributed by atoms with Crippen molar-refractivity contribution in [3.8, 4) is 5.75 Å². The second-order valence-corrected chi connectivity index (χ2v) is 7.69. The average Bonchev–Trinajstić information content (AvgIpc) is 3.03. The molecule has 0 radical (unpaired) electrons. The number of hydrogen-bond acceptors (Lipinski definition) is 5. The molecule has 9 heteroatoms. The highest BCUT2D eigenvalue weighted by Gasteiger charge is 2.40. The minimum atomic E-state index is -4.02. The van der Waals surface area contributed by atoms with Crippen molar-refractivity contribution in [3.63, 3.8) is 0 Å². The van der Waals surface area contributed by atoms with Crippen molar-refractivity contribution in [1.29, 1.82) is 0 Å². The van der Waals surface area contributed by atoms with E-state index in [1.54, 1.807) is 7.11 Å². The van der Waals surface area contributed by atoms with Crippen molar-refractivity contribution in [1.82, 2.24) is 4.31 Å². The van der Waals surface area contributed by atoms with E-state index < -0.39 is 22.0 Å². The van der Waals surface area contributed by atoms with E-state index in [4.69, 9.17) is 21.1 Å². The SMILES string of the molecule is COCCCOc1ccc(Cl)cc1S(=O)(=O)N1CCC[C@H]1C(=O)O. The molecule has 1 aliphatic rings. The molecule has 0 bridgehead atoms. The number of methoxy groups -OCH3 is 1. The lowest BCUT2D eigenvalue weighted by molar-refractivity contribution is -0.140. The van der Waals surface area contributed by atoms with Gasteiger partial charge >= 0.3 is 5.97 Å². The summed E-state index contributed by atoms with van der Waals surface area (Å²) in [4.78, 5) is 11.2. The van der Waals surface area contributed by atoms with Crippen LogP contribution in [0.2, 0.25) is 5.02 Å². The Balaban J connectivity index is 2.31. The van der Waals surface area contributed by atoms with Crippen molar-refractivity contribution >= 4 is 27.6 Å². The number of ether oxygens (including phenoxy) is 2. The molecule has 0 amide bonds. The minimum Gasteiger partial charge on any atom is -0.492 e. The Morgan fingerprint density at radius 2 is 2.17 bits per heavy atom. The van der Waals surface area contributed by atoms with Gasteiger partial charge in [0.1, 0.15) is 16.7 Å². The molecular weight excluding hydrogens is 358 g/mol. The van der Waals surface area contributed by atoms with Gasteiger partial charge in [-0.15, -0.1) is 0 Å². The molecule has 1 aromatic carbocycles. The molecule has 1 N–H and O–H groups in total. The third-order valence-corrected chi connectivity index (χ3v) is 5.90. The van der Waals surface area contributed by atoms with Crippen LogP contribution < -0.4 is 4.74 Å². The Hall–Kier alpha value is -1.35. The van der Waals surface area contributed by atoms with E-state index in [1.165, 1.54) is 18.2 Å². The van der Waals surface area contributed by atoms with Gasteiger partial charge in [0.25, 0.3) is 0 Å². The first kappa shape index (κ1) is 19.0. The van der Waals surface area contributed by atoms with Crippen LogP contribution in [0.3, 0.4) is 0 Å². The van der Waals surface area contributed by atoms with Crippen LogP contribution in [0.15, 0.2) is 23.1 Å². The first-order valence-electron chi connectivity index (χ1n) is 7.54. The van der Waals surface area contributed by atoms with Gasteiger partial charge in [0.2, 0.25) is 10.0 Å². The van der Waals surface area contributed by atoms with Crippen LogP contribution in [0.25, 0.3) is 0 Å².